The van der Waals surface area contributed by atoms with Crippen LogP contribution in [-0.2, 0) is 5.41 Å². The van der Waals surface area contributed by atoms with E-state index in [1.165, 1.54) is 10.8 Å². The van der Waals surface area contributed by atoms with Gasteiger partial charge >= 0.3 is 6.01 Å². The van der Waals surface area contributed by atoms with E-state index in [0.29, 0.717) is 35.8 Å². The number of anilines is 2. The number of hydrogen-bond acceptors (Lipinski definition) is 7. The summed E-state index contributed by atoms with van der Waals surface area (Å²) in [5, 5.41) is 7.67. The summed E-state index contributed by atoms with van der Waals surface area (Å²) in [4.78, 5) is 13.0. The summed E-state index contributed by atoms with van der Waals surface area (Å²) < 4.78 is 21.3. The van der Waals surface area contributed by atoms with Gasteiger partial charge in [0, 0.05) is 11.0 Å². The predicted molar refractivity (Wildman–Crippen MR) is 90.8 cm³/mol. The van der Waals surface area contributed by atoms with Crippen LogP contribution in [0.5, 0.6) is 0 Å². The molecule has 1 fully saturated rings. The van der Waals surface area contributed by atoms with Crippen molar-refractivity contribution in [3.05, 3.63) is 47.9 Å². The van der Waals surface area contributed by atoms with E-state index in [2.05, 4.69) is 27.0 Å². The number of aliphatic imine (C=N–C) groups is 1. The topological polar surface area (TPSA) is 75.6 Å². The Morgan fingerprint density at radius 1 is 1.23 bits per heavy atom. The molecule has 0 spiro atoms. The van der Waals surface area contributed by atoms with Crippen molar-refractivity contribution in [3.8, 4) is 5.69 Å². The molecule has 1 aliphatic carbocycles. The van der Waals surface area contributed by atoms with E-state index >= 15 is 0 Å². The fraction of sp³-hybridized carbons (Fsp3) is 0.294. The Balaban J connectivity index is 1.49. The third kappa shape index (κ3) is 1.67. The highest BCUT2D eigenvalue weighted by Crippen LogP contribution is 2.46. The lowest BCUT2D eigenvalue weighted by Gasteiger charge is -2.32. The first-order valence-corrected chi connectivity index (χ1v) is 8.45. The van der Waals surface area contributed by atoms with Gasteiger partial charge in [0.05, 0.1) is 11.9 Å². The van der Waals surface area contributed by atoms with Gasteiger partial charge in [-0.1, -0.05) is 24.2 Å². The molecule has 6 rings (SSSR count). The van der Waals surface area contributed by atoms with E-state index in [9.17, 15) is 4.39 Å². The van der Waals surface area contributed by atoms with E-state index < -0.39 is 6.08 Å². The molecule has 1 aromatic carbocycles. The number of para-hydroxylation sites is 1. The largest absolute Gasteiger partial charge is 0.345 e. The number of fused-ring (bicyclic) bond motifs is 6. The monoisotopic (exact) mass is 351 g/mol. The van der Waals surface area contributed by atoms with Gasteiger partial charge in [0.1, 0.15) is 6.67 Å². The highest BCUT2D eigenvalue weighted by molar-refractivity contribution is 6.16. The number of imidazole rings is 1. The average Bonchev–Trinajstić information content (AvgIpc) is 3.06. The maximum absolute atomic E-state index is 14.4. The molecule has 0 N–H and O–H groups in total. The number of nitrogens with zero attached hydrogens (tertiary/aromatic N) is 7. The fourth-order valence-electron chi connectivity index (χ4n) is 3.48. The first-order chi connectivity index (χ1) is 12.7. The minimum atomic E-state index is -0.574. The standard InChI is InChI=1S/C17H14FN7O/c1-17(6-7-17)14-21-16(26-22-14)23-9-20-13-10-4-2-3-5-11(10)24-12(25(13)23)8-19-15(24)18/h2-5,8H,6-7,9H2,1H3. The Labute approximate surface area is 147 Å². The van der Waals surface area contributed by atoms with E-state index in [1.807, 2.05) is 24.3 Å². The van der Waals surface area contributed by atoms with Crippen molar-refractivity contribution in [2.24, 2.45) is 4.99 Å². The molecule has 2 aliphatic heterocycles. The molecule has 0 unspecified atom stereocenters. The molecular formula is C17H14FN7O. The van der Waals surface area contributed by atoms with Crippen LogP contribution >= 0.6 is 0 Å². The maximum Gasteiger partial charge on any atom is 0.345 e. The van der Waals surface area contributed by atoms with Crippen LogP contribution in [0.15, 0.2) is 40.0 Å². The highest BCUT2D eigenvalue weighted by atomic mass is 19.1. The molecule has 0 saturated heterocycles. The lowest BCUT2D eigenvalue weighted by Crippen LogP contribution is -2.45. The summed E-state index contributed by atoms with van der Waals surface area (Å²) in [7, 11) is 0. The average molecular weight is 351 g/mol. The third-order valence-electron chi connectivity index (χ3n) is 5.28. The molecule has 0 amide bonds. The molecule has 9 heteroatoms. The molecule has 3 aromatic rings. The molecule has 130 valence electrons. The zero-order valence-corrected chi connectivity index (χ0v) is 13.9. The molecule has 8 nitrogen and oxygen atoms in total. The Morgan fingerprint density at radius 2 is 2.08 bits per heavy atom. The maximum atomic E-state index is 14.4. The van der Waals surface area contributed by atoms with Crippen LogP contribution in [0.2, 0.25) is 0 Å². The highest BCUT2D eigenvalue weighted by Gasteiger charge is 2.45. The summed E-state index contributed by atoms with van der Waals surface area (Å²) in [5.74, 6) is 1.97. The molecule has 0 atom stereocenters. The molecule has 2 aromatic heterocycles. The molecular weight excluding hydrogens is 337 g/mol. The Kier molecular flexibility index (Phi) is 2.41. The van der Waals surface area contributed by atoms with Crippen LogP contribution in [0.25, 0.3) is 5.69 Å². The number of benzene rings is 1. The van der Waals surface area contributed by atoms with Crippen molar-refractivity contribution < 1.29 is 8.91 Å². The van der Waals surface area contributed by atoms with Gasteiger partial charge in [0.2, 0.25) is 0 Å². The van der Waals surface area contributed by atoms with Crippen LogP contribution in [0, 0.1) is 6.08 Å². The molecule has 26 heavy (non-hydrogen) atoms. The van der Waals surface area contributed by atoms with Crippen LogP contribution < -0.4 is 10.0 Å². The van der Waals surface area contributed by atoms with Gasteiger partial charge in [-0.2, -0.15) is 9.37 Å². The number of halogens is 1. The van der Waals surface area contributed by atoms with Crippen molar-refractivity contribution in [1.82, 2.24) is 19.7 Å². The van der Waals surface area contributed by atoms with E-state index in [0.717, 1.165) is 18.4 Å². The first kappa shape index (κ1) is 14.0. The van der Waals surface area contributed by atoms with Crippen molar-refractivity contribution in [2.75, 3.05) is 16.7 Å². The van der Waals surface area contributed by atoms with Gasteiger partial charge in [-0.15, -0.1) is 0 Å². The Morgan fingerprint density at radius 3 is 2.92 bits per heavy atom. The van der Waals surface area contributed by atoms with E-state index in [4.69, 9.17) is 4.52 Å². The van der Waals surface area contributed by atoms with Gasteiger partial charge in [0.15, 0.2) is 17.5 Å². The summed E-state index contributed by atoms with van der Waals surface area (Å²) in [6.45, 7) is 2.43. The number of aromatic nitrogens is 4. The molecule has 3 aliphatic rings. The second kappa shape index (κ2) is 4.48. The van der Waals surface area contributed by atoms with Crippen LogP contribution in [0.3, 0.4) is 0 Å². The first-order valence-electron chi connectivity index (χ1n) is 8.45. The molecule has 1 saturated carbocycles. The van der Waals surface area contributed by atoms with Crippen LogP contribution in [0.4, 0.5) is 16.2 Å². The van der Waals surface area contributed by atoms with Gasteiger partial charge < -0.3 is 4.52 Å². The van der Waals surface area contributed by atoms with Crippen LogP contribution in [0.1, 0.15) is 31.2 Å². The van der Waals surface area contributed by atoms with Gasteiger partial charge in [0.25, 0.3) is 6.08 Å². The quantitative estimate of drug-likeness (QED) is 0.706. The van der Waals surface area contributed by atoms with Gasteiger partial charge in [-0.05, 0) is 25.0 Å². The zero-order valence-electron chi connectivity index (χ0n) is 13.9. The molecule has 0 bridgehead atoms. The summed E-state index contributed by atoms with van der Waals surface area (Å²) in [5.41, 5.74) is 1.55. The zero-order chi connectivity index (χ0) is 17.5. The summed E-state index contributed by atoms with van der Waals surface area (Å²) in [6, 6.07) is 7.88. The van der Waals surface area contributed by atoms with Gasteiger partial charge in [-0.25, -0.2) is 20.0 Å². The summed E-state index contributed by atoms with van der Waals surface area (Å²) >= 11 is 0. The minimum Gasteiger partial charge on any atom is -0.313 e. The normalized spacial score (nSPS) is 19.1. The van der Waals surface area contributed by atoms with Crippen molar-refractivity contribution in [2.45, 2.75) is 25.2 Å². The van der Waals surface area contributed by atoms with Crippen molar-refractivity contribution in [1.29, 1.82) is 0 Å². The molecule has 0 radical (unpaired) electrons. The third-order valence-corrected chi connectivity index (χ3v) is 5.28. The lowest BCUT2D eigenvalue weighted by molar-refractivity contribution is 0.403. The number of hydrogen-bond donors (Lipinski definition) is 0. The Hall–Kier alpha value is -3.23. The van der Waals surface area contributed by atoms with Crippen LogP contribution in [-0.4, -0.2) is 32.2 Å². The number of hydrazine groups is 1. The number of rotatable bonds is 2. The Bertz CT molecular complexity index is 1080. The smallest absolute Gasteiger partial charge is 0.313 e. The number of amidine groups is 1. The van der Waals surface area contributed by atoms with E-state index in [-0.39, 0.29) is 5.41 Å². The SMILES string of the molecule is CC1(c2noc(N3CN=C4c5ccccc5-n5c(cnc5F)N43)n2)CC1. The minimum absolute atomic E-state index is 0.00748. The lowest BCUT2D eigenvalue weighted by atomic mass is 10.1. The predicted octanol–water partition coefficient (Wildman–Crippen LogP) is 2.41. The fourth-order valence-corrected chi connectivity index (χ4v) is 3.48. The van der Waals surface area contributed by atoms with Crippen molar-refractivity contribution in [3.63, 3.8) is 0 Å². The van der Waals surface area contributed by atoms with Gasteiger partial charge in [-0.3, -0.25) is 4.57 Å². The summed E-state index contributed by atoms with van der Waals surface area (Å²) in [6.07, 6.45) is 3.03. The van der Waals surface area contributed by atoms with Crippen molar-refractivity contribution >= 4 is 17.7 Å². The second-order valence-corrected chi connectivity index (χ2v) is 7.03. The molecule has 4 heterocycles. The van der Waals surface area contributed by atoms with E-state index in [1.54, 1.807) is 10.0 Å². The second-order valence-electron chi connectivity index (χ2n) is 7.03.